The third-order valence-corrected chi connectivity index (χ3v) is 2.74. The largest absolute Gasteiger partial charge is 0.399 e. The second-order valence-corrected chi connectivity index (χ2v) is 3.92. The first kappa shape index (κ1) is 10.3. The molecule has 0 amide bonds. The zero-order valence-corrected chi connectivity index (χ0v) is 8.56. The molecule has 0 aromatic heterocycles. The highest BCUT2D eigenvalue weighted by Gasteiger charge is 2.20. The summed E-state index contributed by atoms with van der Waals surface area (Å²) in [5, 5.41) is 18.2. The molecule has 0 saturated carbocycles. The van der Waals surface area contributed by atoms with E-state index in [-0.39, 0.29) is 6.61 Å². The summed E-state index contributed by atoms with van der Waals surface area (Å²) in [4.78, 5) is 2.06. The molecule has 82 valence electrons. The van der Waals surface area contributed by atoms with Gasteiger partial charge in [-0.3, -0.25) is 0 Å². The van der Waals surface area contributed by atoms with E-state index in [2.05, 4.69) is 4.90 Å². The van der Waals surface area contributed by atoms with Crippen molar-refractivity contribution in [1.29, 1.82) is 0 Å². The van der Waals surface area contributed by atoms with Crippen LogP contribution >= 0.6 is 0 Å². The Kier molecular flexibility index (Phi) is 2.79. The molecule has 0 spiro atoms. The van der Waals surface area contributed by atoms with Crippen LogP contribution < -0.4 is 10.6 Å². The number of nitrogens with two attached hydrogens (primary N) is 1. The van der Waals surface area contributed by atoms with Crippen LogP contribution in [0.3, 0.4) is 0 Å². The molecule has 0 saturated heterocycles. The lowest BCUT2D eigenvalue weighted by atomic mass is 10.1. The fraction of sp³-hybridized carbons (Fsp3) is 0.455. The highest BCUT2D eigenvalue weighted by Crippen LogP contribution is 2.29. The van der Waals surface area contributed by atoms with Crippen molar-refractivity contribution in [3.05, 3.63) is 23.8 Å². The number of rotatable bonds is 3. The summed E-state index contributed by atoms with van der Waals surface area (Å²) < 4.78 is 0. The number of nitrogen functional groups attached to an aromatic ring is 1. The number of benzene rings is 1. The van der Waals surface area contributed by atoms with E-state index in [1.165, 1.54) is 5.56 Å². The van der Waals surface area contributed by atoms with E-state index < -0.39 is 6.10 Å². The van der Waals surface area contributed by atoms with Gasteiger partial charge < -0.3 is 20.8 Å². The lowest BCUT2D eigenvalue weighted by Crippen LogP contribution is -2.33. The average molecular weight is 208 g/mol. The number of hydrogen-bond donors (Lipinski definition) is 3. The number of nitrogens with zero attached hydrogens (tertiary/aromatic N) is 1. The van der Waals surface area contributed by atoms with Crippen molar-refractivity contribution in [2.24, 2.45) is 0 Å². The number of aliphatic hydroxyl groups excluding tert-OH is 2. The van der Waals surface area contributed by atoms with Crippen LogP contribution in [0.2, 0.25) is 0 Å². The normalized spacial score (nSPS) is 16.5. The molecule has 1 aliphatic heterocycles. The van der Waals surface area contributed by atoms with Gasteiger partial charge in [0, 0.05) is 24.5 Å². The van der Waals surface area contributed by atoms with Gasteiger partial charge in [0.1, 0.15) is 0 Å². The molecular formula is C11H16N2O2. The zero-order chi connectivity index (χ0) is 10.8. The first-order valence-electron chi connectivity index (χ1n) is 5.13. The Bertz CT molecular complexity index is 354. The Balaban J connectivity index is 2.16. The molecule has 1 heterocycles. The van der Waals surface area contributed by atoms with Crippen molar-refractivity contribution in [3.63, 3.8) is 0 Å². The maximum Gasteiger partial charge on any atom is 0.0945 e. The van der Waals surface area contributed by atoms with Crippen LogP contribution in [0.25, 0.3) is 0 Å². The Morgan fingerprint density at radius 3 is 3.00 bits per heavy atom. The van der Waals surface area contributed by atoms with Crippen LogP contribution in [0.4, 0.5) is 11.4 Å². The molecule has 4 heteroatoms. The van der Waals surface area contributed by atoms with Crippen molar-refractivity contribution in [2.75, 3.05) is 30.3 Å². The Labute approximate surface area is 88.9 Å². The topological polar surface area (TPSA) is 69.7 Å². The summed E-state index contributed by atoms with van der Waals surface area (Å²) >= 11 is 0. The molecule has 2 rings (SSSR count). The minimum atomic E-state index is -0.683. The Morgan fingerprint density at radius 1 is 1.47 bits per heavy atom. The fourth-order valence-electron chi connectivity index (χ4n) is 1.96. The Morgan fingerprint density at radius 2 is 2.27 bits per heavy atom. The monoisotopic (exact) mass is 208 g/mol. The van der Waals surface area contributed by atoms with Crippen LogP contribution in [0.5, 0.6) is 0 Å². The smallest absolute Gasteiger partial charge is 0.0945 e. The lowest BCUT2D eigenvalue weighted by Gasteiger charge is -2.22. The third-order valence-electron chi connectivity index (χ3n) is 2.74. The fourth-order valence-corrected chi connectivity index (χ4v) is 1.96. The predicted octanol–water partition coefficient (Wildman–Crippen LogP) is -0.0155. The maximum absolute atomic E-state index is 9.39. The van der Waals surface area contributed by atoms with Crippen LogP contribution in [0.1, 0.15) is 5.56 Å². The second kappa shape index (κ2) is 4.08. The molecular weight excluding hydrogens is 192 g/mol. The van der Waals surface area contributed by atoms with E-state index in [4.69, 9.17) is 10.8 Å². The van der Waals surface area contributed by atoms with Gasteiger partial charge in [-0.1, -0.05) is 6.07 Å². The zero-order valence-electron chi connectivity index (χ0n) is 8.56. The predicted molar refractivity (Wildman–Crippen MR) is 59.9 cm³/mol. The van der Waals surface area contributed by atoms with E-state index in [0.29, 0.717) is 6.54 Å². The lowest BCUT2D eigenvalue weighted by molar-refractivity contribution is 0.100. The maximum atomic E-state index is 9.39. The van der Waals surface area contributed by atoms with Crippen LogP contribution in [0, 0.1) is 0 Å². The van der Waals surface area contributed by atoms with Crippen molar-refractivity contribution in [1.82, 2.24) is 0 Å². The highest BCUT2D eigenvalue weighted by molar-refractivity contribution is 5.64. The molecule has 4 N–H and O–H groups in total. The van der Waals surface area contributed by atoms with Gasteiger partial charge in [0.25, 0.3) is 0 Å². The number of fused-ring (bicyclic) bond motifs is 1. The molecule has 15 heavy (non-hydrogen) atoms. The minimum absolute atomic E-state index is 0.200. The van der Waals surface area contributed by atoms with Gasteiger partial charge >= 0.3 is 0 Å². The molecule has 1 aromatic rings. The summed E-state index contributed by atoms with van der Waals surface area (Å²) in [5.74, 6) is 0. The molecule has 0 fully saturated rings. The first-order chi connectivity index (χ1) is 7.20. The summed E-state index contributed by atoms with van der Waals surface area (Å²) in [5.41, 5.74) is 8.80. The highest BCUT2D eigenvalue weighted by atomic mass is 16.3. The van der Waals surface area contributed by atoms with Gasteiger partial charge in [0.05, 0.1) is 12.7 Å². The van der Waals surface area contributed by atoms with Crippen molar-refractivity contribution in [3.8, 4) is 0 Å². The molecule has 0 radical (unpaired) electrons. The molecule has 1 atom stereocenters. The summed E-state index contributed by atoms with van der Waals surface area (Å²) in [7, 11) is 0. The van der Waals surface area contributed by atoms with Crippen molar-refractivity contribution in [2.45, 2.75) is 12.5 Å². The van der Waals surface area contributed by atoms with E-state index in [1.54, 1.807) is 0 Å². The van der Waals surface area contributed by atoms with Gasteiger partial charge in [-0.15, -0.1) is 0 Å². The molecule has 1 aromatic carbocycles. The van der Waals surface area contributed by atoms with Crippen molar-refractivity contribution < 1.29 is 10.2 Å². The number of aliphatic hydroxyl groups is 2. The average Bonchev–Trinajstić information content (AvgIpc) is 2.61. The van der Waals surface area contributed by atoms with E-state index >= 15 is 0 Å². The van der Waals surface area contributed by atoms with Crippen LogP contribution in [0.15, 0.2) is 18.2 Å². The minimum Gasteiger partial charge on any atom is -0.399 e. The van der Waals surface area contributed by atoms with E-state index in [1.807, 2.05) is 18.2 Å². The van der Waals surface area contributed by atoms with Crippen LogP contribution in [-0.4, -0.2) is 36.0 Å². The Hall–Kier alpha value is -1.26. The summed E-state index contributed by atoms with van der Waals surface area (Å²) in [6, 6.07) is 5.84. The molecule has 1 unspecified atom stereocenters. The van der Waals surface area contributed by atoms with Crippen molar-refractivity contribution >= 4 is 11.4 Å². The van der Waals surface area contributed by atoms with Gasteiger partial charge in [0.15, 0.2) is 0 Å². The van der Waals surface area contributed by atoms with Gasteiger partial charge in [-0.05, 0) is 24.1 Å². The standard InChI is InChI=1S/C11H16N2O2/c12-9-2-1-8-3-4-13(11(8)5-9)6-10(15)7-14/h1-2,5,10,14-15H,3-4,6-7,12H2. The number of β-amino-alcohol motifs (C(OH)–C–C–N with tert-alkyl or cyclic N) is 1. The SMILES string of the molecule is Nc1ccc2c(c1)N(CC(O)CO)CC2. The molecule has 4 nitrogen and oxygen atoms in total. The van der Waals surface area contributed by atoms with Crippen LogP contribution in [-0.2, 0) is 6.42 Å². The van der Waals surface area contributed by atoms with Gasteiger partial charge in [-0.2, -0.15) is 0 Å². The quantitative estimate of drug-likeness (QED) is 0.611. The number of hydrogen-bond acceptors (Lipinski definition) is 4. The first-order valence-corrected chi connectivity index (χ1v) is 5.13. The molecule has 0 aliphatic carbocycles. The van der Waals surface area contributed by atoms with E-state index in [0.717, 1.165) is 24.3 Å². The number of anilines is 2. The molecule has 1 aliphatic rings. The van der Waals surface area contributed by atoms with Gasteiger partial charge in [0.2, 0.25) is 0 Å². The third kappa shape index (κ3) is 2.06. The second-order valence-electron chi connectivity index (χ2n) is 3.92. The molecule has 0 bridgehead atoms. The summed E-state index contributed by atoms with van der Waals surface area (Å²) in [6.45, 7) is 1.15. The van der Waals surface area contributed by atoms with Gasteiger partial charge in [-0.25, -0.2) is 0 Å². The van der Waals surface area contributed by atoms with E-state index in [9.17, 15) is 5.11 Å². The summed E-state index contributed by atoms with van der Waals surface area (Å²) in [6.07, 6.45) is 0.297.